The summed E-state index contributed by atoms with van der Waals surface area (Å²) in [6, 6.07) is 12.4. The molecule has 0 spiro atoms. The first-order valence-electron chi connectivity index (χ1n) is 13.0. The number of hydrogen-bond donors (Lipinski definition) is 2. The second-order valence-electron chi connectivity index (χ2n) is 9.61. The number of nitrogens with one attached hydrogen (secondary N) is 2. The molecule has 3 heterocycles. The SMILES string of the molecule is CCCS(=O)(=O)N1CCCC(NC(=O)Nc2cnc3nc(-c4ccc(F)cc4)c(-c4ccc(F)cc4)nc3c2)C1. The molecule has 2 N–H and O–H groups in total. The van der Waals surface area contributed by atoms with E-state index >= 15 is 0 Å². The van der Waals surface area contributed by atoms with Crippen molar-refractivity contribution in [3.63, 3.8) is 0 Å². The van der Waals surface area contributed by atoms with Crippen LogP contribution < -0.4 is 10.6 Å². The number of amides is 2. The lowest BCUT2D eigenvalue weighted by Gasteiger charge is -2.32. The van der Waals surface area contributed by atoms with Gasteiger partial charge in [0.15, 0.2) is 5.65 Å². The van der Waals surface area contributed by atoms with E-state index in [1.54, 1.807) is 30.3 Å². The van der Waals surface area contributed by atoms with E-state index in [1.165, 1.54) is 34.8 Å². The Balaban J connectivity index is 1.39. The molecular weight excluding hydrogens is 538 g/mol. The first-order chi connectivity index (χ1) is 19.2. The highest BCUT2D eigenvalue weighted by Gasteiger charge is 2.29. The average molecular weight is 567 g/mol. The number of piperidine rings is 1. The zero-order chi connectivity index (χ0) is 28.3. The molecule has 0 aliphatic carbocycles. The Morgan fingerprint density at radius 2 is 1.62 bits per heavy atom. The third kappa shape index (κ3) is 6.23. The van der Waals surface area contributed by atoms with E-state index in [-0.39, 0.29) is 18.3 Å². The first kappa shape index (κ1) is 27.5. The number of carbonyl (C=O) groups is 1. The first-order valence-corrected chi connectivity index (χ1v) is 14.6. The summed E-state index contributed by atoms with van der Waals surface area (Å²) < 4.78 is 53.5. The molecule has 1 atom stereocenters. The van der Waals surface area contributed by atoms with Gasteiger partial charge in [0.1, 0.15) is 17.2 Å². The van der Waals surface area contributed by atoms with Crippen molar-refractivity contribution in [2.24, 2.45) is 0 Å². The molecule has 12 heteroatoms. The number of hydrogen-bond acceptors (Lipinski definition) is 6. The maximum Gasteiger partial charge on any atom is 0.319 e. The molecule has 1 aliphatic rings. The zero-order valence-electron chi connectivity index (χ0n) is 21.8. The van der Waals surface area contributed by atoms with E-state index in [4.69, 9.17) is 4.98 Å². The van der Waals surface area contributed by atoms with E-state index < -0.39 is 27.7 Å². The van der Waals surface area contributed by atoms with Crippen LogP contribution in [-0.4, -0.2) is 58.6 Å². The van der Waals surface area contributed by atoms with Crippen LogP contribution in [0.15, 0.2) is 60.8 Å². The van der Waals surface area contributed by atoms with Crippen LogP contribution in [0, 0.1) is 11.6 Å². The number of carbonyl (C=O) groups excluding carboxylic acids is 1. The van der Waals surface area contributed by atoms with Gasteiger partial charge in [0, 0.05) is 30.3 Å². The predicted molar refractivity (Wildman–Crippen MR) is 149 cm³/mol. The molecule has 2 amide bonds. The number of sulfonamides is 1. The number of pyridine rings is 1. The van der Waals surface area contributed by atoms with Crippen LogP contribution >= 0.6 is 0 Å². The number of nitrogens with zero attached hydrogens (tertiary/aromatic N) is 4. The van der Waals surface area contributed by atoms with Gasteiger partial charge in [-0.05, 0) is 73.9 Å². The quantitative estimate of drug-likeness (QED) is 0.327. The zero-order valence-corrected chi connectivity index (χ0v) is 22.6. The lowest BCUT2D eigenvalue weighted by Crippen LogP contribution is -2.50. The summed E-state index contributed by atoms with van der Waals surface area (Å²) in [4.78, 5) is 26.5. The lowest BCUT2D eigenvalue weighted by molar-refractivity contribution is 0.236. The van der Waals surface area contributed by atoms with Crippen LogP contribution in [0.3, 0.4) is 0 Å². The monoisotopic (exact) mass is 566 g/mol. The summed E-state index contributed by atoms with van der Waals surface area (Å²) in [5, 5.41) is 5.59. The molecule has 2 aromatic heterocycles. The van der Waals surface area contributed by atoms with Crippen molar-refractivity contribution in [2.45, 2.75) is 32.2 Å². The van der Waals surface area contributed by atoms with E-state index in [9.17, 15) is 22.0 Å². The maximum absolute atomic E-state index is 13.6. The van der Waals surface area contributed by atoms with Crippen LogP contribution in [0.25, 0.3) is 33.7 Å². The molecule has 0 radical (unpaired) electrons. The van der Waals surface area contributed by atoms with Gasteiger partial charge in [-0.2, -0.15) is 4.31 Å². The van der Waals surface area contributed by atoms with Crippen molar-refractivity contribution < 1.29 is 22.0 Å². The van der Waals surface area contributed by atoms with Gasteiger partial charge in [-0.15, -0.1) is 0 Å². The van der Waals surface area contributed by atoms with Crippen LogP contribution in [0.5, 0.6) is 0 Å². The van der Waals surface area contributed by atoms with Gasteiger partial charge in [0.25, 0.3) is 0 Å². The predicted octanol–water partition coefficient (Wildman–Crippen LogP) is 4.96. The Kier molecular flexibility index (Phi) is 7.99. The van der Waals surface area contributed by atoms with Gasteiger partial charge >= 0.3 is 6.03 Å². The standard InChI is InChI=1S/C28H28F2N6O3S/c1-2-14-40(38,39)36-13-3-4-22(17-36)32-28(37)33-23-15-24-27(31-16-23)35-26(19-7-11-21(30)12-8-19)25(34-24)18-5-9-20(29)10-6-18/h5-12,15-16,22H,2-4,13-14,17H2,1H3,(H2,32,33,37). The normalized spacial score (nSPS) is 16.1. The minimum atomic E-state index is -3.34. The molecule has 2 aromatic carbocycles. The van der Waals surface area contributed by atoms with E-state index in [0.29, 0.717) is 65.2 Å². The minimum Gasteiger partial charge on any atom is -0.334 e. The Labute approximate surface area is 230 Å². The second-order valence-corrected chi connectivity index (χ2v) is 11.7. The van der Waals surface area contributed by atoms with Crippen LogP contribution in [-0.2, 0) is 10.0 Å². The van der Waals surface area contributed by atoms with Crippen molar-refractivity contribution >= 4 is 32.9 Å². The molecular formula is C28H28F2N6O3S. The number of aromatic nitrogens is 3. The molecule has 1 saturated heterocycles. The van der Waals surface area contributed by atoms with Crippen LogP contribution in [0.4, 0.5) is 19.3 Å². The largest absolute Gasteiger partial charge is 0.334 e. The molecule has 208 valence electrons. The Bertz CT molecular complexity index is 1630. The number of rotatable bonds is 7. The fraction of sp³-hybridized carbons (Fsp3) is 0.286. The van der Waals surface area contributed by atoms with Gasteiger partial charge in [-0.1, -0.05) is 6.92 Å². The summed E-state index contributed by atoms with van der Waals surface area (Å²) in [5.41, 5.74) is 3.16. The molecule has 0 saturated carbocycles. The fourth-order valence-electron chi connectivity index (χ4n) is 4.69. The summed E-state index contributed by atoms with van der Waals surface area (Å²) in [6.45, 7) is 2.49. The fourth-order valence-corrected chi connectivity index (χ4v) is 6.27. The Morgan fingerprint density at radius 1 is 1.00 bits per heavy atom. The molecule has 4 aromatic rings. The molecule has 1 aliphatic heterocycles. The van der Waals surface area contributed by atoms with Crippen molar-refractivity contribution in [3.05, 3.63) is 72.4 Å². The Morgan fingerprint density at radius 3 is 2.25 bits per heavy atom. The van der Waals surface area contributed by atoms with Gasteiger partial charge in [0.05, 0.1) is 29.0 Å². The number of benzene rings is 2. The molecule has 1 fully saturated rings. The van der Waals surface area contributed by atoms with Crippen molar-refractivity contribution in [1.29, 1.82) is 0 Å². The number of halogens is 2. The van der Waals surface area contributed by atoms with Crippen LogP contribution in [0.1, 0.15) is 26.2 Å². The summed E-state index contributed by atoms with van der Waals surface area (Å²) in [7, 11) is -3.34. The highest BCUT2D eigenvalue weighted by Crippen LogP contribution is 2.31. The van der Waals surface area contributed by atoms with Gasteiger partial charge in [0.2, 0.25) is 10.0 Å². The topological polar surface area (TPSA) is 117 Å². The number of fused-ring (bicyclic) bond motifs is 1. The molecule has 0 bridgehead atoms. The highest BCUT2D eigenvalue weighted by atomic mass is 32.2. The summed E-state index contributed by atoms with van der Waals surface area (Å²) >= 11 is 0. The van der Waals surface area contributed by atoms with Crippen LogP contribution in [0.2, 0.25) is 0 Å². The van der Waals surface area contributed by atoms with E-state index in [2.05, 4.69) is 20.6 Å². The van der Waals surface area contributed by atoms with E-state index in [0.717, 1.165) is 0 Å². The van der Waals surface area contributed by atoms with Gasteiger partial charge in [-0.3, -0.25) is 0 Å². The van der Waals surface area contributed by atoms with Crippen molar-refractivity contribution in [2.75, 3.05) is 24.2 Å². The van der Waals surface area contributed by atoms with Crippen molar-refractivity contribution in [1.82, 2.24) is 24.6 Å². The van der Waals surface area contributed by atoms with E-state index in [1.807, 2.05) is 6.92 Å². The average Bonchev–Trinajstić information content (AvgIpc) is 2.93. The third-order valence-corrected chi connectivity index (χ3v) is 8.63. The maximum atomic E-state index is 13.6. The highest BCUT2D eigenvalue weighted by molar-refractivity contribution is 7.89. The summed E-state index contributed by atoms with van der Waals surface area (Å²) in [5.74, 6) is -0.709. The minimum absolute atomic E-state index is 0.0818. The molecule has 9 nitrogen and oxygen atoms in total. The summed E-state index contributed by atoms with van der Waals surface area (Å²) in [6.07, 6.45) is 3.30. The number of anilines is 1. The number of urea groups is 1. The van der Waals surface area contributed by atoms with Gasteiger partial charge < -0.3 is 10.6 Å². The smallest absolute Gasteiger partial charge is 0.319 e. The second kappa shape index (κ2) is 11.6. The molecule has 40 heavy (non-hydrogen) atoms. The van der Waals surface area contributed by atoms with Gasteiger partial charge in [-0.25, -0.2) is 36.9 Å². The molecule has 5 rings (SSSR count). The van der Waals surface area contributed by atoms with Crippen molar-refractivity contribution in [3.8, 4) is 22.5 Å². The molecule has 1 unspecified atom stereocenters. The lowest BCUT2D eigenvalue weighted by atomic mass is 10.0. The Hall–Kier alpha value is -4.03. The third-order valence-electron chi connectivity index (χ3n) is 6.59.